The molecular formula is C15H13FNO. The van der Waals surface area contributed by atoms with Crippen molar-refractivity contribution >= 4 is 11.6 Å². The molecular weight excluding hydrogens is 229 g/mol. The first-order valence-corrected chi connectivity index (χ1v) is 5.56. The van der Waals surface area contributed by atoms with Gasteiger partial charge in [-0.1, -0.05) is 18.2 Å². The zero-order valence-corrected chi connectivity index (χ0v) is 10.0. The molecule has 0 unspecified atom stereocenters. The Morgan fingerprint density at radius 2 is 1.83 bits per heavy atom. The van der Waals surface area contributed by atoms with Crippen LogP contribution in [0.3, 0.4) is 0 Å². The van der Waals surface area contributed by atoms with Gasteiger partial charge in [0.1, 0.15) is 5.82 Å². The number of anilines is 1. The quantitative estimate of drug-likeness (QED) is 0.857. The smallest absolute Gasteiger partial charge is 0.255 e. The summed E-state index contributed by atoms with van der Waals surface area (Å²) in [5, 5.41) is 2.69. The van der Waals surface area contributed by atoms with Crippen molar-refractivity contribution < 1.29 is 9.18 Å². The van der Waals surface area contributed by atoms with Crippen LogP contribution >= 0.6 is 0 Å². The highest BCUT2D eigenvalue weighted by molar-refractivity contribution is 6.04. The van der Waals surface area contributed by atoms with E-state index in [9.17, 15) is 9.18 Å². The minimum absolute atomic E-state index is 0.260. The number of carbonyl (C=O) groups excluding carboxylic acids is 1. The highest BCUT2D eigenvalue weighted by Gasteiger charge is 2.09. The van der Waals surface area contributed by atoms with Gasteiger partial charge in [0.25, 0.3) is 5.91 Å². The second-order valence-electron chi connectivity index (χ2n) is 4.06. The molecule has 2 aromatic rings. The summed E-state index contributed by atoms with van der Waals surface area (Å²) in [4.78, 5) is 11.9. The minimum atomic E-state index is -0.332. The fourth-order valence-corrected chi connectivity index (χ4v) is 1.59. The lowest BCUT2D eigenvalue weighted by Crippen LogP contribution is -2.13. The highest BCUT2D eigenvalue weighted by Crippen LogP contribution is 2.18. The van der Waals surface area contributed by atoms with E-state index in [0.29, 0.717) is 16.8 Å². The Hall–Kier alpha value is -2.16. The molecule has 0 atom stereocenters. The molecule has 1 amide bonds. The molecule has 0 aliphatic carbocycles. The van der Waals surface area contributed by atoms with Crippen LogP contribution in [0, 0.1) is 19.7 Å². The Bertz CT molecular complexity index is 576. The lowest BCUT2D eigenvalue weighted by atomic mass is 10.1. The van der Waals surface area contributed by atoms with Crippen LogP contribution in [-0.2, 0) is 0 Å². The van der Waals surface area contributed by atoms with Gasteiger partial charge in [-0.3, -0.25) is 4.79 Å². The van der Waals surface area contributed by atoms with Gasteiger partial charge in [-0.15, -0.1) is 0 Å². The number of halogens is 1. The number of hydrogen-bond donors (Lipinski definition) is 1. The van der Waals surface area contributed by atoms with Gasteiger partial charge in [-0.25, -0.2) is 4.39 Å². The lowest BCUT2D eigenvalue weighted by molar-refractivity contribution is 0.102. The van der Waals surface area contributed by atoms with Crippen molar-refractivity contribution in [2.75, 3.05) is 5.32 Å². The molecule has 2 aromatic carbocycles. The molecule has 0 aromatic heterocycles. The maximum atomic E-state index is 13.3. The van der Waals surface area contributed by atoms with Gasteiger partial charge in [0.15, 0.2) is 0 Å². The third kappa shape index (κ3) is 2.56. The Morgan fingerprint density at radius 1 is 1.17 bits per heavy atom. The lowest BCUT2D eigenvalue weighted by Gasteiger charge is -2.09. The van der Waals surface area contributed by atoms with E-state index in [0.717, 1.165) is 5.56 Å². The Kier molecular flexibility index (Phi) is 3.42. The van der Waals surface area contributed by atoms with Crippen molar-refractivity contribution in [2.45, 2.75) is 6.92 Å². The Labute approximate surface area is 105 Å². The number of rotatable bonds is 2. The summed E-state index contributed by atoms with van der Waals surface area (Å²) in [7, 11) is 0. The molecule has 0 heterocycles. The normalized spacial score (nSPS) is 10.2. The van der Waals surface area contributed by atoms with Gasteiger partial charge < -0.3 is 5.32 Å². The Balaban J connectivity index is 2.21. The van der Waals surface area contributed by atoms with Gasteiger partial charge in [0, 0.05) is 16.8 Å². The molecule has 1 N–H and O–H groups in total. The summed E-state index contributed by atoms with van der Waals surface area (Å²) in [6.45, 7) is 5.38. The van der Waals surface area contributed by atoms with Crippen LogP contribution in [0.2, 0.25) is 0 Å². The van der Waals surface area contributed by atoms with E-state index < -0.39 is 0 Å². The summed E-state index contributed by atoms with van der Waals surface area (Å²) in [5.74, 6) is -0.593. The van der Waals surface area contributed by atoms with Crippen LogP contribution in [0.4, 0.5) is 10.1 Å². The number of nitrogens with one attached hydrogen (secondary N) is 1. The molecule has 0 aliphatic rings. The van der Waals surface area contributed by atoms with Crippen molar-refractivity contribution in [1.82, 2.24) is 0 Å². The maximum Gasteiger partial charge on any atom is 0.255 e. The molecule has 0 bridgehead atoms. The largest absolute Gasteiger partial charge is 0.322 e. The van der Waals surface area contributed by atoms with Crippen LogP contribution in [-0.4, -0.2) is 5.91 Å². The zero-order valence-electron chi connectivity index (χ0n) is 10.0. The number of hydrogen-bond acceptors (Lipinski definition) is 1. The molecule has 0 saturated carbocycles. The minimum Gasteiger partial charge on any atom is -0.322 e. The van der Waals surface area contributed by atoms with Gasteiger partial charge in [-0.2, -0.15) is 0 Å². The van der Waals surface area contributed by atoms with Crippen molar-refractivity contribution in [3.63, 3.8) is 0 Å². The van der Waals surface area contributed by atoms with Gasteiger partial charge in [0.05, 0.1) is 0 Å². The Morgan fingerprint density at radius 3 is 2.50 bits per heavy atom. The monoisotopic (exact) mass is 242 g/mol. The second-order valence-corrected chi connectivity index (χ2v) is 4.06. The molecule has 2 nitrogen and oxygen atoms in total. The van der Waals surface area contributed by atoms with Gasteiger partial charge in [0.2, 0.25) is 0 Å². The van der Waals surface area contributed by atoms with E-state index >= 15 is 0 Å². The van der Waals surface area contributed by atoms with Crippen LogP contribution in [0.15, 0.2) is 42.5 Å². The molecule has 0 spiro atoms. The number of carbonyl (C=O) groups is 1. The molecule has 0 aliphatic heterocycles. The van der Waals surface area contributed by atoms with Crippen molar-refractivity contribution in [3.05, 3.63) is 71.9 Å². The third-order valence-electron chi connectivity index (χ3n) is 2.73. The first kappa shape index (κ1) is 12.3. The average molecular weight is 242 g/mol. The average Bonchev–Trinajstić information content (AvgIpc) is 2.36. The van der Waals surface area contributed by atoms with E-state index in [-0.39, 0.29) is 11.7 Å². The van der Waals surface area contributed by atoms with E-state index in [4.69, 9.17) is 0 Å². The first-order valence-electron chi connectivity index (χ1n) is 5.56. The molecule has 0 saturated heterocycles. The van der Waals surface area contributed by atoms with Crippen LogP contribution in [0.1, 0.15) is 21.5 Å². The first-order chi connectivity index (χ1) is 8.58. The topological polar surface area (TPSA) is 29.1 Å². The van der Waals surface area contributed by atoms with E-state index in [1.54, 1.807) is 43.3 Å². The summed E-state index contributed by atoms with van der Waals surface area (Å²) >= 11 is 0. The summed E-state index contributed by atoms with van der Waals surface area (Å²) in [6.07, 6.45) is 0. The van der Waals surface area contributed by atoms with Crippen molar-refractivity contribution in [1.29, 1.82) is 0 Å². The molecule has 91 valence electrons. The molecule has 2 rings (SSSR count). The van der Waals surface area contributed by atoms with E-state index in [1.807, 2.05) is 0 Å². The van der Waals surface area contributed by atoms with Crippen molar-refractivity contribution in [2.24, 2.45) is 0 Å². The highest BCUT2D eigenvalue weighted by atomic mass is 19.1. The van der Waals surface area contributed by atoms with Crippen molar-refractivity contribution in [3.8, 4) is 0 Å². The fourth-order valence-electron chi connectivity index (χ4n) is 1.59. The SMILES string of the molecule is [CH2]c1ccc(C(=O)Nc2cccc(F)c2C)cc1. The third-order valence-corrected chi connectivity index (χ3v) is 2.73. The summed E-state index contributed by atoms with van der Waals surface area (Å²) in [5.41, 5.74) is 2.28. The number of amides is 1. The molecule has 18 heavy (non-hydrogen) atoms. The molecule has 0 fully saturated rings. The van der Waals surface area contributed by atoms with Gasteiger partial charge >= 0.3 is 0 Å². The van der Waals surface area contributed by atoms with E-state index in [1.165, 1.54) is 6.07 Å². The second kappa shape index (κ2) is 5.00. The van der Waals surface area contributed by atoms with E-state index in [2.05, 4.69) is 12.2 Å². The maximum absolute atomic E-state index is 13.3. The zero-order chi connectivity index (χ0) is 13.1. The fraction of sp³-hybridized carbons (Fsp3) is 0.0667. The molecule has 3 heteroatoms. The van der Waals surface area contributed by atoms with Crippen LogP contribution in [0.25, 0.3) is 0 Å². The predicted octanol–water partition coefficient (Wildman–Crippen LogP) is 3.57. The number of benzene rings is 2. The predicted molar refractivity (Wildman–Crippen MR) is 70.0 cm³/mol. The summed E-state index contributed by atoms with van der Waals surface area (Å²) in [6, 6.07) is 11.5. The summed E-state index contributed by atoms with van der Waals surface area (Å²) < 4.78 is 13.3. The molecule has 1 radical (unpaired) electrons. The van der Waals surface area contributed by atoms with Crippen LogP contribution in [0.5, 0.6) is 0 Å². The standard InChI is InChI=1S/C15H13FNO/c1-10-6-8-12(9-7-10)15(18)17-14-5-3-4-13(16)11(14)2/h3-9H,1H2,2H3,(H,17,18). The van der Waals surface area contributed by atoms with Crippen LogP contribution < -0.4 is 5.32 Å². The van der Waals surface area contributed by atoms with Gasteiger partial charge in [-0.05, 0) is 43.7 Å².